The zero-order valence-electron chi connectivity index (χ0n) is 14.5. The minimum Gasteiger partial charge on any atom is -0.493 e. The Labute approximate surface area is 148 Å². The first kappa shape index (κ1) is 18.3. The van der Waals surface area contributed by atoms with E-state index in [2.05, 4.69) is 5.32 Å². The molecule has 1 N–H and O–H groups in total. The molecule has 0 heterocycles. The fourth-order valence-corrected chi connectivity index (χ4v) is 2.35. The predicted octanol–water partition coefficient (Wildman–Crippen LogP) is 4.26. The summed E-state index contributed by atoms with van der Waals surface area (Å²) in [7, 11) is 0. The van der Waals surface area contributed by atoms with E-state index in [1.54, 1.807) is 6.08 Å². The van der Waals surface area contributed by atoms with Crippen molar-refractivity contribution in [2.75, 3.05) is 6.61 Å². The first-order chi connectivity index (χ1) is 12.2. The Bertz CT molecular complexity index is 776. The molecule has 128 valence electrons. The van der Waals surface area contributed by atoms with Gasteiger partial charge in [-0.05, 0) is 31.1 Å². The zero-order valence-corrected chi connectivity index (χ0v) is 14.5. The first-order valence-corrected chi connectivity index (χ1v) is 8.35. The van der Waals surface area contributed by atoms with Crippen LogP contribution in [0.1, 0.15) is 37.4 Å². The van der Waals surface area contributed by atoms with Crippen molar-refractivity contribution in [2.45, 2.75) is 26.3 Å². The molecule has 1 atom stereocenters. The Balaban J connectivity index is 2.17. The summed E-state index contributed by atoms with van der Waals surface area (Å²) in [5, 5.41) is 12.2. The van der Waals surface area contributed by atoms with Crippen LogP contribution in [0.4, 0.5) is 0 Å². The average Bonchev–Trinajstić information content (AvgIpc) is 2.65. The van der Waals surface area contributed by atoms with Crippen LogP contribution in [0.5, 0.6) is 5.75 Å². The van der Waals surface area contributed by atoms with E-state index in [1.165, 1.54) is 0 Å². The Hall–Kier alpha value is -3.06. The van der Waals surface area contributed by atoms with Crippen molar-refractivity contribution in [2.24, 2.45) is 0 Å². The fraction of sp³-hybridized carbons (Fsp3) is 0.238. The van der Waals surface area contributed by atoms with Crippen molar-refractivity contribution in [3.05, 3.63) is 71.3 Å². The van der Waals surface area contributed by atoms with Gasteiger partial charge in [0.1, 0.15) is 17.4 Å². The van der Waals surface area contributed by atoms with E-state index >= 15 is 0 Å². The molecule has 0 fully saturated rings. The van der Waals surface area contributed by atoms with Crippen molar-refractivity contribution in [1.82, 2.24) is 5.32 Å². The number of para-hydroxylation sites is 1. The third kappa shape index (κ3) is 5.22. The summed E-state index contributed by atoms with van der Waals surface area (Å²) in [6.07, 6.45) is 2.45. The lowest BCUT2D eigenvalue weighted by Gasteiger charge is -2.14. The van der Waals surface area contributed by atoms with Crippen molar-refractivity contribution < 1.29 is 9.53 Å². The number of nitrogens with zero attached hydrogens (tertiary/aromatic N) is 1. The number of benzene rings is 2. The summed E-state index contributed by atoms with van der Waals surface area (Å²) >= 11 is 0. The lowest BCUT2D eigenvalue weighted by Crippen LogP contribution is -2.27. The Kier molecular flexibility index (Phi) is 6.79. The molecule has 0 saturated carbocycles. The Morgan fingerprint density at radius 3 is 2.56 bits per heavy atom. The number of nitriles is 1. The molecule has 4 heteroatoms. The smallest absolute Gasteiger partial charge is 0.262 e. The maximum Gasteiger partial charge on any atom is 0.262 e. The van der Waals surface area contributed by atoms with Gasteiger partial charge >= 0.3 is 0 Å². The number of hydrogen-bond acceptors (Lipinski definition) is 3. The van der Waals surface area contributed by atoms with Gasteiger partial charge in [-0.2, -0.15) is 5.26 Å². The molecule has 2 aromatic carbocycles. The van der Waals surface area contributed by atoms with E-state index < -0.39 is 5.91 Å². The molecule has 0 spiro atoms. The molecule has 0 bridgehead atoms. The lowest BCUT2D eigenvalue weighted by molar-refractivity contribution is -0.117. The molecule has 2 aromatic rings. The van der Waals surface area contributed by atoms with E-state index in [-0.39, 0.29) is 11.6 Å². The Morgan fingerprint density at radius 1 is 1.20 bits per heavy atom. The summed E-state index contributed by atoms with van der Waals surface area (Å²) in [5.41, 5.74) is 1.75. The highest BCUT2D eigenvalue weighted by Gasteiger charge is 2.14. The number of amides is 1. The van der Waals surface area contributed by atoms with Crippen LogP contribution in [0, 0.1) is 11.3 Å². The largest absolute Gasteiger partial charge is 0.493 e. The maximum absolute atomic E-state index is 12.4. The topological polar surface area (TPSA) is 62.1 Å². The van der Waals surface area contributed by atoms with Crippen molar-refractivity contribution in [1.29, 1.82) is 5.26 Å². The number of rotatable bonds is 7. The number of hydrogen-bond donors (Lipinski definition) is 1. The van der Waals surface area contributed by atoms with Gasteiger partial charge in [0.15, 0.2) is 0 Å². The fourth-order valence-electron chi connectivity index (χ4n) is 2.35. The molecule has 0 aliphatic carbocycles. The molecule has 25 heavy (non-hydrogen) atoms. The van der Waals surface area contributed by atoms with Crippen LogP contribution in [-0.2, 0) is 4.79 Å². The maximum atomic E-state index is 12.4. The highest BCUT2D eigenvalue weighted by atomic mass is 16.5. The van der Waals surface area contributed by atoms with E-state index in [0.29, 0.717) is 12.4 Å². The molecule has 4 nitrogen and oxygen atoms in total. The van der Waals surface area contributed by atoms with Gasteiger partial charge in [0.05, 0.1) is 12.6 Å². The summed E-state index contributed by atoms with van der Waals surface area (Å²) in [6, 6.07) is 18.8. The number of carbonyl (C=O) groups is 1. The van der Waals surface area contributed by atoms with Crippen LogP contribution in [0.25, 0.3) is 6.08 Å². The normalized spacial score (nSPS) is 12.1. The molecule has 0 radical (unpaired) electrons. The highest BCUT2D eigenvalue weighted by Crippen LogP contribution is 2.21. The molecule has 0 aromatic heterocycles. The molecule has 1 unspecified atom stereocenters. The number of carbonyl (C=O) groups excluding carboxylic acids is 1. The van der Waals surface area contributed by atoms with Gasteiger partial charge in [0, 0.05) is 5.56 Å². The van der Waals surface area contributed by atoms with Crippen LogP contribution in [-0.4, -0.2) is 12.5 Å². The van der Waals surface area contributed by atoms with Gasteiger partial charge in [-0.3, -0.25) is 4.79 Å². The lowest BCUT2D eigenvalue weighted by atomic mass is 10.1. The van der Waals surface area contributed by atoms with E-state index in [4.69, 9.17) is 4.74 Å². The molecule has 0 saturated heterocycles. The quantitative estimate of drug-likeness (QED) is 0.608. The molecular formula is C21H22N2O2. The van der Waals surface area contributed by atoms with Crippen LogP contribution < -0.4 is 10.1 Å². The van der Waals surface area contributed by atoms with Crippen molar-refractivity contribution >= 4 is 12.0 Å². The van der Waals surface area contributed by atoms with Gasteiger partial charge in [-0.1, -0.05) is 55.5 Å². The van der Waals surface area contributed by atoms with Crippen LogP contribution in [0.2, 0.25) is 0 Å². The van der Waals surface area contributed by atoms with Gasteiger partial charge in [0.2, 0.25) is 0 Å². The molecule has 0 aliphatic rings. The number of nitrogens with one attached hydrogen (secondary N) is 1. The summed E-state index contributed by atoms with van der Waals surface area (Å²) in [5.74, 6) is 0.269. The molecule has 0 aliphatic heterocycles. The molecular weight excluding hydrogens is 312 g/mol. The molecule has 2 rings (SSSR count). The van der Waals surface area contributed by atoms with Crippen LogP contribution in [0.15, 0.2) is 60.2 Å². The minimum atomic E-state index is -0.399. The van der Waals surface area contributed by atoms with Gasteiger partial charge in [-0.25, -0.2) is 0 Å². The van der Waals surface area contributed by atoms with Gasteiger partial charge in [0.25, 0.3) is 5.91 Å². The second kappa shape index (κ2) is 9.29. The summed E-state index contributed by atoms with van der Waals surface area (Å²) in [4.78, 5) is 12.4. The minimum absolute atomic E-state index is 0.0512. The highest BCUT2D eigenvalue weighted by molar-refractivity contribution is 6.02. The zero-order chi connectivity index (χ0) is 18.1. The number of ether oxygens (including phenoxy) is 1. The summed E-state index contributed by atoms with van der Waals surface area (Å²) in [6.45, 7) is 4.50. The predicted molar refractivity (Wildman–Crippen MR) is 98.8 cm³/mol. The monoisotopic (exact) mass is 334 g/mol. The van der Waals surface area contributed by atoms with Gasteiger partial charge in [-0.15, -0.1) is 0 Å². The van der Waals surface area contributed by atoms with Crippen LogP contribution >= 0.6 is 0 Å². The van der Waals surface area contributed by atoms with E-state index in [0.717, 1.165) is 17.5 Å². The van der Waals surface area contributed by atoms with Crippen molar-refractivity contribution in [3.63, 3.8) is 0 Å². The Morgan fingerprint density at radius 2 is 1.88 bits per heavy atom. The van der Waals surface area contributed by atoms with Gasteiger partial charge < -0.3 is 10.1 Å². The second-order valence-corrected chi connectivity index (χ2v) is 5.66. The van der Waals surface area contributed by atoms with E-state index in [9.17, 15) is 10.1 Å². The van der Waals surface area contributed by atoms with Crippen LogP contribution in [0.3, 0.4) is 0 Å². The second-order valence-electron chi connectivity index (χ2n) is 5.66. The SMILES string of the molecule is CCCOc1ccccc1/C=C(\C#N)C(=O)NC(C)c1ccccc1. The third-order valence-corrected chi connectivity index (χ3v) is 3.69. The summed E-state index contributed by atoms with van der Waals surface area (Å²) < 4.78 is 5.68. The third-order valence-electron chi connectivity index (χ3n) is 3.69. The average molecular weight is 334 g/mol. The van der Waals surface area contributed by atoms with E-state index in [1.807, 2.05) is 74.5 Å². The molecule has 1 amide bonds. The first-order valence-electron chi connectivity index (χ1n) is 8.35. The standard InChI is InChI=1S/C21H22N2O2/c1-3-13-25-20-12-8-7-11-18(20)14-19(15-22)21(24)23-16(2)17-9-5-4-6-10-17/h4-12,14,16H,3,13H2,1-2H3,(H,23,24)/b19-14+. The van der Waals surface area contributed by atoms with Crippen molar-refractivity contribution in [3.8, 4) is 11.8 Å².